The monoisotopic (exact) mass is 484 g/mol. The first-order chi connectivity index (χ1) is 18.0. The SMILES string of the molecule is Oc1ccc(C(c2ccccc2)(c2ccccc2)c2ccc(O)c3cccc(O)c23)c2c(O)cccc12. The minimum absolute atomic E-state index is 0.0342. The zero-order valence-corrected chi connectivity index (χ0v) is 19.8. The van der Waals surface area contributed by atoms with Crippen LogP contribution >= 0.6 is 0 Å². The van der Waals surface area contributed by atoms with Crippen LogP contribution in [0.15, 0.2) is 121 Å². The van der Waals surface area contributed by atoms with Crippen LogP contribution in [-0.2, 0) is 5.41 Å². The lowest BCUT2D eigenvalue weighted by molar-refractivity contribution is 0.473. The third-order valence-electron chi connectivity index (χ3n) is 7.21. The highest BCUT2D eigenvalue weighted by Gasteiger charge is 2.42. The van der Waals surface area contributed by atoms with E-state index in [4.69, 9.17) is 0 Å². The maximum Gasteiger partial charge on any atom is 0.123 e. The number of phenolic OH excluding ortho intramolecular Hbond substituents is 4. The van der Waals surface area contributed by atoms with Crippen LogP contribution in [-0.4, -0.2) is 20.4 Å². The Morgan fingerprint density at radius 1 is 0.351 bits per heavy atom. The molecule has 0 atom stereocenters. The van der Waals surface area contributed by atoms with Gasteiger partial charge in [0.1, 0.15) is 23.0 Å². The molecule has 0 saturated carbocycles. The molecule has 6 aromatic rings. The number of hydrogen-bond donors (Lipinski definition) is 4. The van der Waals surface area contributed by atoms with Gasteiger partial charge in [0.25, 0.3) is 0 Å². The van der Waals surface area contributed by atoms with Crippen LogP contribution in [0, 0.1) is 0 Å². The molecule has 0 fully saturated rings. The summed E-state index contributed by atoms with van der Waals surface area (Å²) in [7, 11) is 0. The molecule has 0 aliphatic heterocycles. The first-order valence-electron chi connectivity index (χ1n) is 12.0. The maximum atomic E-state index is 11.2. The number of phenols is 4. The quantitative estimate of drug-likeness (QED) is 0.200. The Morgan fingerprint density at radius 3 is 1.16 bits per heavy atom. The lowest BCUT2D eigenvalue weighted by Gasteiger charge is -2.38. The van der Waals surface area contributed by atoms with Crippen LogP contribution in [0.2, 0.25) is 0 Å². The van der Waals surface area contributed by atoms with E-state index in [9.17, 15) is 20.4 Å². The second-order valence-electron chi connectivity index (χ2n) is 9.15. The summed E-state index contributed by atoms with van der Waals surface area (Å²) >= 11 is 0. The topological polar surface area (TPSA) is 80.9 Å². The molecule has 0 heterocycles. The zero-order chi connectivity index (χ0) is 25.6. The fourth-order valence-corrected chi connectivity index (χ4v) is 5.68. The van der Waals surface area contributed by atoms with Crippen LogP contribution in [0.5, 0.6) is 23.0 Å². The van der Waals surface area contributed by atoms with Gasteiger partial charge in [-0.3, -0.25) is 0 Å². The molecule has 6 rings (SSSR count). The van der Waals surface area contributed by atoms with E-state index in [0.717, 1.165) is 22.3 Å². The highest BCUT2D eigenvalue weighted by atomic mass is 16.3. The molecule has 0 bridgehead atoms. The van der Waals surface area contributed by atoms with E-state index in [1.807, 2.05) is 72.8 Å². The van der Waals surface area contributed by atoms with Crippen molar-refractivity contribution in [3.8, 4) is 23.0 Å². The number of hydrogen-bond acceptors (Lipinski definition) is 4. The van der Waals surface area contributed by atoms with Crippen molar-refractivity contribution in [3.05, 3.63) is 144 Å². The molecule has 180 valence electrons. The summed E-state index contributed by atoms with van der Waals surface area (Å²) < 4.78 is 0. The summed E-state index contributed by atoms with van der Waals surface area (Å²) in [6, 6.07) is 36.9. The number of rotatable bonds is 4. The minimum Gasteiger partial charge on any atom is -0.507 e. The number of benzene rings is 6. The highest BCUT2D eigenvalue weighted by Crippen LogP contribution is 2.53. The average Bonchev–Trinajstić information content (AvgIpc) is 2.93. The summed E-state index contributed by atoms with van der Waals surface area (Å²) in [5.74, 6) is 0.185. The molecule has 0 aromatic heterocycles. The van der Waals surface area contributed by atoms with Crippen molar-refractivity contribution in [1.29, 1.82) is 0 Å². The van der Waals surface area contributed by atoms with Crippen LogP contribution in [0.1, 0.15) is 22.3 Å². The van der Waals surface area contributed by atoms with Crippen molar-refractivity contribution in [2.75, 3.05) is 0 Å². The van der Waals surface area contributed by atoms with Crippen molar-refractivity contribution in [2.45, 2.75) is 5.41 Å². The van der Waals surface area contributed by atoms with Crippen molar-refractivity contribution >= 4 is 21.5 Å². The van der Waals surface area contributed by atoms with Gasteiger partial charge in [-0.15, -0.1) is 0 Å². The molecule has 0 aliphatic carbocycles. The molecular weight excluding hydrogens is 460 g/mol. The lowest BCUT2D eigenvalue weighted by atomic mass is 9.63. The first-order valence-corrected chi connectivity index (χ1v) is 12.0. The molecule has 6 aromatic carbocycles. The Labute approximate surface area is 214 Å². The van der Waals surface area contributed by atoms with Crippen LogP contribution in [0.4, 0.5) is 0 Å². The fourth-order valence-electron chi connectivity index (χ4n) is 5.68. The summed E-state index contributed by atoms with van der Waals surface area (Å²) in [6.07, 6.45) is 0. The molecule has 0 amide bonds. The lowest BCUT2D eigenvalue weighted by Crippen LogP contribution is -2.31. The van der Waals surface area contributed by atoms with Gasteiger partial charge in [-0.1, -0.05) is 97.1 Å². The third kappa shape index (κ3) is 3.30. The van der Waals surface area contributed by atoms with E-state index >= 15 is 0 Å². The highest BCUT2D eigenvalue weighted by molar-refractivity contribution is 6.01. The number of aromatic hydroxyl groups is 4. The van der Waals surface area contributed by atoms with E-state index in [1.54, 1.807) is 48.5 Å². The summed E-state index contributed by atoms with van der Waals surface area (Å²) in [5, 5.41) is 46.0. The van der Waals surface area contributed by atoms with E-state index in [1.165, 1.54) is 0 Å². The predicted molar refractivity (Wildman–Crippen MR) is 146 cm³/mol. The average molecular weight is 485 g/mol. The fraction of sp³-hybridized carbons (Fsp3) is 0.0303. The van der Waals surface area contributed by atoms with Gasteiger partial charge in [-0.25, -0.2) is 0 Å². The summed E-state index contributed by atoms with van der Waals surface area (Å²) in [4.78, 5) is 0. The van der Waals surface area contributed by atoms with E-state index in [0.29, 0.717) is 21.5 Å². The molecule has 0 saturated heterocycles. The molecule has 4 nitrogen and oxygen atoms in total. The standard InChI is InChI=1S/C33H24O4/c34-27-19-17-25(31-23(27)13-7-15-29(31)36)33(21-9-3-1-4-10-21,22-11-5-2-6-12-22)26-18-20-28(35)24-14-8-16-30(37)32(24)26/h1-20,34-37H. The molecule has 0 aliphatic rings. The third-order valence-corrected chi connectivity index (χ3v) is 7.21. The van der Waals surface area contributed by atoms with Gasteiger partial charge >= 0.3 is 0 Å². The summed E-state index contributed by atoms with van der Waals surface area (Å²) in [5.41, 5.74) is 2.20. The van der Waals surface area contributed by atoms with Crippen molar-refractivity contribution < 1.29 is 20.4 Å². The van der Waals surface area contributed by atoms with Gasteiger partial charge in [0, 0.05) is 21.5 Å². The Morgan fingerprint density at radius 2 is 0.757 bits per heavy atom. The van der Waals surface area contributed by atoms with E-state index in [-0.39, 0.29) is 23.0 Å². The van der Waals surface area contributed by atoms with Crippen LogP contribution in [0.25, 0.3) is 21.5 Å². The molecule has 0 spiro atoms. The second-order valence-corrected chi connectivity index (χ2v) is 9.15. The van der Waals surface area contributed by atoms with Gasteiger partial charge in [-0.2, -0.15) is 0 Å². The van der Waals surface area contributed by atoms with Crippen LogP contribution < -0.4 is 0 Å². The predicted octanol–water partition coefficient (Wildman–Crippen LogP) is 7.20. The normalized spacial score (nSPS) is 11.7. The molecule has 0 radical (unpaired) electrons. The minimum atomic E-state index is -1.04. The zero-order valence-electron chi connectivity index (χ0n) is 19.8. The van der Waals surface area contributed by atoms with Gasteiger partial charge in [0.2, 0.25) is 0 Å². The van der Waals surface area contributed by atoms with Crippen molar-refractivity contribution in [1.82, 2.24) is 0 Å². The van der Waals surface area contributed by atoms with Gasteiger partial charge in [0.05, 0.1) is 5.41 Å². The molecular formula is C33H24O4. The summed E-state index contributed by atoms with van der Waals surface area (Å²) in [6.45, 7) is 0. The first kappa shape index (κ1) is 22.5. The van der Waals surface area contributed by atoms with E-state index < -0.39 is 5.41 Å². The Hall–Kier alpha value is -4.96. The maximum absolute atomic E-state index is 11.2. The molecule has 0 unspecified atom stereocenters. The van der Waals surface area contributed by atoms with Crippen molar-refractivity contribution in [2.24, 2.45) is 0 Å². The Kier molecular flexibility index (Phi) is 5.24. The van der Waals surface area contributed by atoms with Gasteiger partial charge in [0.15, 0.2) is 0 Å². The molecule has 37 heavy (non-hydrogen) atoms. The van der Waals surface area contributed by atoms with E-state index in [2.05, 4.69) is 0 Å². The molecule has 4 N–H and O–H groups in total. The van der Waals surface area contributed by atoms with Gasteiger partial charge in [-0.05, 0) is 46.5 Å². The van der Waals surface area contributed by atoms with Gasteiger partial charge < -0.3 is 20.4 Å². The smallest absolute Gasteiger partial charge is 0.123 e. The van der Waals surface area contributed by atoms with Crippen molar-refractivity contribution in [3.63, 3.8) is 0 Å². The van der Waals surface area contributed by atoms with Crippen LogP contribution in [0.3, 0.4) is 0 Å². The molecule has 4 heteroatoms. The second kappa shape index (κ2) is 8.61. The largest absolute Gasteiger partial charge is 0.507 e. The Balaban J connectivity index is 1.93. The Bertz CT molecular complexity index is 1630. The number of fused-ring (bicyclic) bond motifs is 2.